The van der Waals surface area contributed by atoms with E-state index in [1.165, 1.54) is 11.3 Å². The molecule has 0 aromatic heterocycles. The maximum atomic E-state index is 11.8. The maximum Gasteiger partial charge on any atom is 0.311 e. The second-order valence-electron chi connectivity index (χ2n) is 8.45. The molecule has 4 nitrogen and oxygen atoms in total. The molecule has 0 aliphatic carbocycles. The van der Waals surface area contributed by atoms with Gasteiger partial charge in [-0.25, -0.2) is 0 Å². The summed E-state index contributed by atoms with van der Waals surface area (Å²) >= 11 is 0. The number of rotatable bonds is 5. The summed E-state index contributed by atoms with van der Waals surface area (Å²) in [6, 6.07) is 8.79. The van der Waals surface area contributed by atoms with Gasteiger partial charge in [-0.05, 0) is 44.2 Å². The zero-order valence-corrected chi connectivity index (χ0v) is 16.1. The first-order valence-corrected chi connectivity index (χ1v) is 9.64. The molecule has 2 saturated heterocycles. The van der Waals surface area contributed by atoms with Crippen LogP contribution in [-0.2, 0) is 9.53 Å². The summed E-state index contributed by atoms with van der Waals surface area (Å²) in [5.41, 5.74) is 2.53. The summed E-state index contributed by atoms with van der Waals surface area (Å²) in [5.74, 6) is 0.516. The van der Waals surface area contributed by atoms with Crippen molar-refractivity contribution < 1.29 is 9.53 Å². The molecule has 0 amide bonds. The van der Waals surface area contributed by atoms with Gasteiger partial charge in [0.05, 0.1) is 5.41 Å². The molecule has 0 saturated carbocycles. The predicted octanol–water partition coefficient (Wildman–Crippen LogP) is 3.66. The van der Waals surface area contributed by atoms with E-state index in [2.05, 4.69) is 47.9 Å². The lowest BCUT2D eigenvalue weighted by atomic mass is 9.89. The van der Waals surface area contributed by atoms with Crippen LogP contribution >= 0.6 is 0 Å². The first-order chi connectivity index (χ1) is 11.9. The molecule has 4 heteroatoms. The van der Waals surface area contributed by atoms with Crippen molar-refractivity contribution in [1.29, 1.82) is 0 Å². The van der Waals surface area contributed by atoms with Gasteiger partial charge in [0.25, 0.3) is 0 Å². The van der Waals surface area contributed by atoms with Crippen LogP contribution in [0.3, 0.4) is 0 Å². The summed E-state index contributed by atoms with van der Waals surface area (Å²) in [6.07, 6.45) is 1.91. The van der Waals surface area contributed by atoms with Crippen molar-refractivity contribution in [2.45, 2.75) is 52.6 Å². The van der Waals surface area contributed by atoms with E-state index < -0.39 is 0 Å². The van der Waals surface area contributed by atoms with E-state index in [0.717, 1.165) is 45.6 Å². The SMILES string of the molecule is CC(C)c1ccccc1N1CCN(CC[C@H]2CC(C)(C)C(=O)O2)CC1. The molecular weight excluding hydrogens is 312 g/mol. The van der Waals surface area contributed by atoms with Crippen molar-refractivity contribution in [3.8, 4) is 0 Å². The highest BCUT2D eigenvalue weighted by atomic mass is 16.6. The minimum Gasteiger partial charge on any atom is -0.462 e. The van der Waals surface area contributed by atoms with Crippen LogP contribution in [0.15, 0.2) is 24.3 Å². The molecule has 0 bridgehead atoms. The standard InChI is InChI=1S/C21H32N2O2/c1-16(2)18-7-5-6-8-19(18)23-13-11-22(12-14-23)10-9-17-15-21(3,4)20(24)25-17/h5-8,16-17H,9-15H2,1-4H3/t17-/m0/s1. The average Bonchev–Trinajstić information content (AvgIpc) is 2.86. The molecule has 1 aromatic rings. The van der Waals surface area contributed by atoms with Crippen molar-refractivity contribution in [2.75, 3.05) is 37.6 Å². The van der Waals surface area contributed by atoms with Crippen molar-refractivity contribution in [1.82, 2.24) is 4.90 Å². The molecule has 1 aromatic carbocycles. The van der Waals surface area contributed by atoms with E-state index in [0.29, 0.717) is 5.92 Å². The third kappa shape index (κ3) is 4.17. The van der Waals surface area contributed by atoms with Crippen molar-refractivity contribution >= 4 is 11.7 Å². The van der Waals surface area contributed by atoms with E-state index in [9.17, 15) is 4.79 Å². The molecule has 1 atom stereocenters. The fourth-order valence-electron chi connectivity index (χ4n) is 3.97. The van der Waals surface area contributed by atoms with Crippen LogP contribution in [0.2, 0.25) is 0 Å². The topological polar surface area (TPSA) is 32.8 Å². The van der Waals surface area contributed by atoms with Crippen LogP contribution in [-0.4, -0.2) is 49.7 Å². The number of hydrogen-bond acceptors (Lipinski definition) is 4. The molecule has 3 rings (SSSR count). The Bertz CT molecular complexity index is 604. The zero-order chi connectivity index (χ0) is 18.0. The van der Waals surface area contributed by atoms with Crippen LogP contribution < -0.4 is 4.90 Å². The van der Waals surface area contributed by atoms with Crippen LogP contribution in [0.4, 0.5) is 5.69 Å². The molecular formula is C21H32N2O2. The van der Waals surface area contributed by atoms with E-state index in [1.54, 1.807) is 0 Å². The number of piperazine rings is 1. The molecule has 0 unspecified atom stereocenters. The van der Waals surface area contributed by atoms with E-state index >= 15 is 0 Å². The minimum atomic E-state index is -0.302. The molecule has 2 heterocycles. The average molecular weight is 344 g/mol. The number of benzene rings is 1. The monoisotopic (exact) mass is 344 g/mol. The van der Waals surface area contributed by atoms with Gasteiger partial charge in [0.1, 0.15) is 6.10 Å². The van der Waals surface area contributed by atoms with Crippen LogP contribution in [0.5, 0.6) is 0 Å². The lowest BCUT2D eigenvalue weighted by Crippen LogP contribution is -2.47. The summed E-state index contributed by atoms with van der Waals surface area (Å²) in [6.45, 7) is 13.8. The number of hydrogen-bond donors (Lipinski definition) is 0. The molecule has 25 heavy (non-hydrogen) atoms. The highest BCUT2D eigenvalue weighted by Gasteiger charge is 2.41. The van der Waals surface area contributed by atoms with Gasteiger partial charge >= 0.3 is 5.97 Å². The summed E-state index contributed by atoms with van der Waals surface area (Å²) in [5, 5.41) is 0. The quantitative estimate of drug-likeness (QED) is 0.763. The van der Waals surface area contributed by atoms with Gasteiger partial charge in [-0.2, -0.15) is 0 Å². The molecule has 2 aliphatic heterocycles. The van der Waals surface area contributed by atoms with Gasteiger partial charge in [-0.15, -0.1) is 0 Å². The molecule has 138 valence electrons. The number of nitrogens with zero attached hydrogens (tertiary/aromatic N) is 2. The zero-order valence-electron chi connectivity index (χ0n) is 16.1. The fourth-order valence-corrected chi connectivity index (χ4v) is 3.97. The van der Waals surface area contributed by atoms with Gasteiger partial charge in [0.2, 0.25) is 0 Å². The number of anilines is 1. The molecule has 2 fully saturated rings. The lowest BCUT2D eigenvalue weighted by Gasteiger charge is -2.37. The molecule has 0 spiro atoms. The van der Waals surface area contributed by atoms with Crippen LogP contribution in [0, 0.1) is 5.41 Å². The Morgan fingerprint density at radius 1 is 1.16 bits per heavy atom. The summed E-state index contributed by atoms with van der Waals surface area (Å²) in [7, 11) is 0. The second-order valence-corrected chi connectivity index (χ2v) is 8.45. The lowest BCUT2D eigenvalue weighted by molar-refractivity contribution is -0.147. The van der Waals surface area contributed by atoms with Crippen LogP contribution in [0.25, 0.3) is 0 Å². The van der Waals surface area contributed by atoms with Crippen LogP contribution in [0.1, 0.15) is 52.0 Å². The first-order valence-electron chi connectivity index (χ1n) is 9.64. The van der Waals surface area contributed by atoms with E-state index in [4.69, 9.17) is 4.74 Å². The number of esters is 1. The largest absolute Gasteiger partial charge is 0.462 e. The van der Waals surface area contributed by atoms with Gasteiger partial charge in [0.15, 0.2) is 0 Å². The summed E-state index contributed by atoms with van der Waals surface area (Å²) < 4.78 is 5.52. The highest BCUT2D eigenvalue weighted by molar-refractivity contribution is 5.78. The molecule has 2 aliphatic rings. The molecule has 0 N–H and O–H groups in total. The smallest absolute Gasteiger partial charge is 0.311 e. The minimum absolute atomic E-state index is 0.0346. The number of ether oxygens (including phenoxy) is 1. The van der Waals surface area contributed by atoms with E-state index in [1.807, 2.05) is 13.8 Å². The van der Waals surface area contributed by atoms with Crippen molar-refractivity contribution in [3.05, 3.63) is 29.8 Å². The van der Waals surface area contributed by atoms with Gasteiger partial charge in [0, 0.05) is 38.4 Å². The van der Waals surface area contributed by atoms with Gasteiger partial charge in [-0.1, -0.05) is 32.0 Å². The van der Waals surface area contributed by atoms with Crippen molar-refractivity contribution in [2.24, 2.45) is 5.41 Å². The molecule has 0 radical (unpaired) electrons. The Labute approximate surface area is 152 Å². The number of para-hydroxylation sites is 1. The fraction of sp³-hybridized carbons (Fsp3) is 0.667. The van der Waals surface area contributed by atoms with E-state index in [-0.39, 0.29) is 17.5 Å². The normalized spacial score (nSPS) is 24.0. The predicted molar refractivity (Wildman–Crippen MR) is 102 cm³/mol. The highest BCUT2D eigenvalue weighted by Crippen LogP contribution is 2.34. The Morgan fingerprint density at radius 2 is 1.84 bits per heavy atom. The van der Waals surface area contributed by atoms with Gasteiger partial charge < -0.3 is 9.64 Å². The number of cyclic esters (lactones) is 1. The third-order valence-electron chi connectivity index (χ3n) is 5.60. The Hall–Kier alpha value is -1.55. The first kappa shape index (κ1) is 18.2. The summed E-state index contributed by atoms with van der Waals surface area (Å²) in [4.78, 5) is 16.8. The second kappa shape index (κ2) is 7.36. The Kier molecular flexibility index (Phi) is 5.38. The Balaban J connectivity index is 1.49. The van der Waals surface area contributed by atoms with Crippen molar-refractivity contribution in [3.63, 3.8) is 0 Å². The number of carbonyl (C=O) groups is 1. The number of carbonyl (C=O) groups excluding carboxylic acids is 1. The van der Waals surface area contributed by atoms with Gasteiger partial charge in [-0.3, -0.25) is 9.69 Å². The Morgan fingerprint density at radius 3 is 2.44 bits per heavy atom. The third-order valence-corrected chi connectivity index (χ3v) is 5.60. The maximum absolute atomic E-state index is 11.8.